The van der Waals surface area contributed by atoms with Gasteiger partial charge in [-0.25, -0.2) is 0 Å². The SMILES string of the molecule is CC[O+](CC)CC.ClCCl.F[B-](F)(F)F.[H+]. The zero-order chi connectivity index (χ0) is 12.9. The molecule has 0 aromatic carbocycles. The molecule has 0 bridgehead atoms. The Bertz CT molecular complexity index is 106. The molecule has 0 saturated carbocycles. The first kappa shape index (κ1) is 20.7. The van der Waals surface area contributed by atoms with Gasteiger partial charge in [0, 0.05) is 20.8 Å². The molecule has 0 radical (unpaired) electrons. The van der Waals surface area contributed by atoms with Gasteiger partial charge in [0.05, 0.1) is 5.34 Å². The lowest BCUT2D eigenvalue weighted by Gasteiger charge is -2.11. The lowest BCUT2D eigenvalue weighted by molar-refractivity contribution is -0.119. The first-order chi connectivity index (χ1) is 6.76. The minimum Gasteiger partial charge on any atom is -0.422 e. The molecule has 0 aliphatic carbocycles. The predicted octanol–water partition coefficient (Wildman–Crippen LogP) is 4.43. The maximum Gasteiger partial charge on any atom is 1.00 e. The van der Waals surface area contributed by atoms with Crippen LogP contribution in [0.3, 0.4) is 0 Å². The first-order valence-corrected chi connectivity index (χ1v) is 5.46. The first-order valence-electron chi connectivity index (χ1n) is 4.39. The number of hydrogen-bond acceptors (Lipinski definition) is 0. The molecule has 0 rings (SSSR count). The van der Waals surface area contributed by atoms with Gasteiger partial charge in [0.1, 0.15) is 19.8 Å². The van der Waals surface area contributed by atoms with Crippen molar-refractivity contribution in [1.29, 1.82) is 0 Å². The molecule has 0 spiro atoms. The highest BCUT2D eigenvalue weighted by Gasteiger charge is 2.20. The molecule has 0 aliphatic heterocycles. The second kappa shape index (κ2) is 14.3. The maximum absolute atomic E-state index is 9.75. The molecule has 96 valence electrons. The van der Waals surface area contributed by atoms with Crippen LogP contribution in [0.4, 0.5) is 17.3 Å². The van der Waals surface area contributed by atoms with Crippen LogP contribution in [-0.2, 0) is 4.37 Å². The standard InChI is InChI=1S/C6H15O.CH2Cl2.BF4/c1-4-7(5-2)6-3;2-1-3;2-1(3,4)5/h4-6H2,1-3H3;1H2;/q+1;;-1/p+1. The third kappa shape index (κ3) is 54.4. The predicted molar refractivity (Wildman–Crippen MR) is 60.6 cm³/mol. The molecule has 0 amide bonds. The summed E-state index contributed by atoms with van der Waals surface area (Å²) < 4.78 is 42.1. The highest BCUT2D eigenvalue weighted by atomic mass is 35.5. The zero-order valence-electron chi connectivity index (χ0n) is 10.1. The van der Waals surface area contributed by atoms with Gasteiger partial charge in [-0.1, -0.05) is 0 Å². The minimum atomic E-state index is -6.00. The van der Waals surface area contributed by atoms with Gasteiger partial charge in [-0.2, -0.15) is 0 Å². The Morgan fingerprint density at radius 2 is 1.07 bits per heavy atom. The maximum atomic E-state index is 9.75. The fraction of sp³-hybridized carbons (Fsp3) is 1.00. The Labute approximate surface area is 100.0 Å². The summed E-state index contributed by atoms with van der Waals surface area (Å²) in [6.07, 6.45) is 0. The molecule has 0 atom stereocenters. The molecule has 0 aromatic heterocycles. The van der Waals surface area contributed by atoms with Gasteiger partial charge >= 0.3 is 8.68 Å². The molecule has 15 heavy (non-hydrogen) atoms. The van der Waals surface area contributed by atoms with Gasteiger partial charge < -0.3 is 21.6 Å². The van der Waals surface area contributed by atoms with E-state index in [1.807, 2.05) is 0 Å². The number of alkyl halides is 2. The fourth-order valence-electron chi connectivity index (χ4n) is 0.612. The van der Waals surface area contributed by atoms with Crippen LogP contribution in [0.25, 0.3) is 0 Å². The van der Waals surface area contributed by atoms with Crippen LogP contribution in [-0.4, -0.2) is 32.4 Å². The summed E-state index contributed by atoms with van der Waals surface area (Å²) in [7, 11) is -6.00. The Balaban J connectivity index is -0.0000000710. The lowest BCUT2D eigenvalue weighted by atomic mass is 10.3. The van der Waals surface area contributed by atoms with Crippen LogP contribution in [0, 0.1) is 0 Å². The molecule has 0 heterocycles. The van der Waals surface area contributed by atoms with Crippen molar-refractivity contribution >= 4 is 30.5 Å². The van der Waals surface area contributed by atoms with Crippen LogP contribution in [0.1, 0.15) is 22.2 Å². The average molecular weight is 276 g/mol. The van der Waals surface area contributed by atoms with Crippen LogP contribution in [0.2, 0.25) is 0 Å². The molecule has 0 unspecified atom stereocenters. The molecule has 8 heteroatoms. The quantitative estimate of drug-likeness (QED) is 0.310. The van der Waals surface area contributed by atoms with E-state index < -0.39 is 7.25 Å². The van der Waals surface area contributed by atoms with Gasteiger partial charge in [0.2, 0.25) is 0 Å². The Kier molecular flexibility index (Phi) is 19.8. The van der Waals surface area contributed by atoms with E-state index in [4.69, 9.17) is 23.2 Å². The topological polar surface area (TPSA) is 2.70 Å². The van der Waals surface area contributed by atoms with E-state index in [0.29, 0.717) is 0 Å². The van der Waals surface area contributed by atoms with Crippen molar-refractivity contribution in [2.75, 3.05) is 25.2 Å². The fourth-order valence-corrected chi connectivity index (χ4v) is 0.612. The molecule has 0 aromatic rings. The summed E-state index contributed by atoms with van der Waals surface area (Å²) in [6, 6.07) is 0. The van der Waals surface area contributed by atoms with Gasteiger partial charge in [0.25, 0.3) is 0 Å². The molecule has 0 saturated heterocycles. The molecular formula is C7H18BCl2F4O+. The van der Waals surface area contributed by atoms with Crippen molar-refractivity contribution in [1.82, 2.24) is 0 Å². The Morgan fingerprint density at radius 3 is 1.07 bits per heavy atom. The summed E-state index contributed by atoms with van der Waals surface area (Å²) in [5, 5.41) is 0.194. The normalized spacial score (nSPS) is 10.0. The van der Waals surface area contributed by atoms with E-state index in [1.165, 1.54) is 0 Å². The summed E-state index contributed by atoms with van der Waals surface area (Å²) in [5.74, 6) is 0. The second-order valence-corrected chi connectivity index (χ2v) is 2.88. The van der Waals surface area contributed by atoms with Gasteiger partial charge in [0.15, 0.2) is 0 Å². The van der Waals surface area contributed by atoms with Crippen LogP contribution in [0.15, 0.2) is 0 Å². The third-order valence-electron chi connectivity index (χ3n) is 1.22. The second-order valence-electron chi connectivity index (χ2n) is 2.07. The van der Waals surface area contributed by atoms with E-state index in [9.17, 15) is 17.3 Å². The number of halogens is 6. The minimum absolute atomic E-state index is 0. The van der Waals surface area contributed by atoms with E-state index in [1.54, 1.807) is 0 Å². The van der Waals surface area contributed by atoms with Crippen molar-refractivity contribution in [2.24, 2.45) is 0 Å². The summed E-state index contributed by atoms with van der Waals surface area (Å²) in [4.78, 5) is 0. The third-order valence-corrected chi connectivity index (χ3v) is 1.22. The van der Waals surface area contributed by atoms with Crippen molar-refractivity contribution in [3.63, 3.8) is 0 Å². The van der Waals surface area contributed by atoms with Gasteiger partial charge in [-0.15, -0.1) is 23.2 Å². The van der Waals surface area contributed by atoms with Crippen LogP contribution < -0.4 is 0 Å². The number of rotatable bonds is 3. The van der Waals surface area contributed by atoms with E-state index >= 15 is 0 Å². The molecular weight excluding hydrogens is 258 g/mol. The van der Waals surface area contributed by atoms with Crippen molar-refractivity contribution in [3.8, 4) is 0 Å². The Morgan fingerprint density at radius 1 is 0.933 bits per heavy atom. The number of hydrogen-bond donors (Lipinski definition) is 0. The molecule has 1 nitrogen and oxygen atoms in total. The lowest BCUT2D eigenvalue weighted by Crippen LogP contribution is -2.11. The largest absolute Gasteiger partial charge is 1.00 e. The summed E-state index contributed by atoms with van der Waals surface area (Å²) in [5.41, 5.74) is 0. The van der Waals surface area contributed by atoms with Crippen molar-refractivity contribution < 1.29 is 23.1 Å². The van der Waals surface area contributed by atoms with E-state index in [0.717, 1.165) is 19.8 Å². The van der Waals surface area contributed by atoms with Crippen LogP contribution in [0.5, 0.6) is 0 Å². The van der Waals surface area contributed by atoms with E-state index in [-0.39, 0.29) is 6.77 Å². The van der Waals surface area contributed by atoms with Gasteiger partial charge in [-0.3, -0.25) is 0 Å². The molecule has 0 aliphatic rings. The monoisotopic (exact) mass is 275 g/mol. The smallest absolute Gasteiger partial charge is 0.422 e. The zero-order valence-corrected chi connectivity index (χ0v) is 10.6. The molecule has 0 fully saturated rings. The van der Waals surface area contributed by atoms with Crippen molar-refractivity contribution in [3.05, 3.63) is 0 Å². The molecule has 0 N–H and O–H groups in total. The average Bonchev–Trinajstić information content (AvgIpc) is 2.06. The Hall–Kier alpha value is 0.325. The van der Waals surface area contributed by atoms with E-state index in [2.05, 4.69) is 25.1 Å². The van der Waals surface area contributed by atoms with Crippen LogP contribution >= 0.6 is 23.2 Å². The van der Waals surface area contributed by atoms with Crippen molar-refractivity contribution in [2.45, 2.75) is 20.8 Å². The van der Waals surface area contributed by atoms with Gasteiger partial charge in [-0.05, 0) is 0 Å². The summed E-state index contributed by atoms with van der Waals surface area (Å²) in [6.45, 7) is 9.76. The highest BCUT2D eigenvalue weighted by molar-refractivity contribution is 6.50. The highest BCUT2D eigenvalue weighted by Crippen LogP contribution is 2.06. The summed E-state index contributed by atoms with van der Waals surface area (Å²) >= 11 is 9.53.